The lowest BCUT2D eigenvalue weighted by Crippen LogP contribution is -2.28. The molecule has 0 heterocycles. The van der Waals surface area contributed by atoms with Crippen molar-refractivity contribution < 1.29 is 0 Å². The molecule has 0 spiro atoms. The smallest absolute Gasteiger partial charge is 0.0233 e. The molecule has 0 aliphatic carbocycles. The number of hydrogen-bond donors (Lipinski definition) is 0. The lowest BCUT2D eigenvalue weighted by atomic mass is 10.1. The first kappa shape index (κ1) is 12.3. The third kappa shape index (κ3) is 4.98. The number of nitrogens with zero attached hydrogens (tertiary/aromatic N) is 1. The molecule has 84 valence electrons. The summed E-state index contributed by atoms with van der Waals surface area (Å²) in [6, 6.07) is 10.7. The molecule has 1 heteroatoms. The Morgan fingerprint density at radius 1 is 1.13 bits per heavy atom. The van der Waals surface area contributed by atoms with Gasteiger partial charge < -0.3 is 0 Å². The van der Waals surface area contributed by atoms with Crippen molar-refractivity contribution in [2.24, 2.45) is 5.92 Å². The molecule has 1 nitrogen and oxygen atoms in total. The molecule has 0 aliphatic rings. The first-order valence-electron chi connectivity index (χ1n) is 5.98. The molecule has 0 aromatic heterocycles. The molecule has 0 amide bonds. The van der Waals surface area contributed by atoms with Crippen molar-refractivity contribution in [1.82, 2.24) is 4.90 Å². The lowest BCUT2D eigenvalue weighted by Gasteiger charge is -2.23. The Balaban J connectivity index is 2.50. The quantitative estimate of drug-likeness (QED) is 0.686. The van der Waals surface area contributed by atoms with Crippen LogP contribution in [-0.2, 0) is 6.54 Å². The van der Waals surface area contributed by atoms with E-state index >= 15 is 0 Å². The lowest BCUT2D eigenvalue weighted by molar-refractivity contribution is 0.236. The van der Waals surface area contributed by atoms with Crippen LogP contribution in [0.2, 0.25) is 0 Å². The highest BCUT2D eigenvalue weighted by Gasteiger charge is 2.06. The Morgan fingerprint density at radius 2 is 1.80 bits per heavy atom. The SMILES string of the molecule is CCCN(Cc1ccccc1)CC(C)C. The minimum atomic E-state index is 0.750. The summed E-state index contributed by atoms with van der Waals surface area (Å²) in [6.45, 7) is 10.3. The maximum Gasteiger partial charge on any atom is 0.0233 e. The van der Waals surface area contributed by atoms with Crippen molar-refractivity contribution >= 4 is 0 Å². The van der Waals surface area contributed by atoms with E-state index in [1.807, 2.05) is 0 Å². The van der Waals surface area contributed by atoms with Crippen molar-refractivity contribution in [3.63, 3.8) is 0 Å². The summed E-state index contributed by atoms with van der Waals surface area (Å²) in [6.07, 6.45) is 1.24. The highest BCUT2D eigenvalue weighted by Crippen LogP contribution is 2.07. The van der Waals surface area contributed by atoms with E-state index < -0.39 is 0 Å². The Labute approximate surface area is 94.1 Å². The molecule has 0 radical (unpaired) electrons. The maximum atomic E-state index is 2.54. The average molecular weight is 205 g/mol. The van der Waals surface area contributed by atoms with E-state index in [2.05, 4.69) is 56.0 Å². The average Bonchev–Trinajstić information content (AvgIpc) is 2.18. The van der Waals surface area contributed by atoms with E-state index in [1.165, 1.54) is 25.1 Å². The summed E-state index contributed by atoms with van der Waals surface area (Å²) in [5.74, 6) is 0.750. The molecule has 0 aliphatic heterocycles. The maximum absolute atomic E-state index is 2.54. The Bertz CT molecular complexity index is 253. The monoisotopic (exact) mass is 205 g/mol. The van der Waals surface area contributed by atoms with Gasteiger partial charge in [0.25, 0.3) is 0 Å². The zero-order chi connectivity index (χ0) is 11.1. The van der Waals surface area contributed by atoms with E-state index in [1.54, 1.807) is 0 Å². The second-order valence-corrected chi connectivity index (χ2v) is 4.61. The van der Waals surface area contributed by atoms with Crippen molar-refractivity contribution in [3.05, 3.63) is 35.9 Å². The third-order valence-corrected chi connectivity index (χ3v) is 2.41. The molecule has 0 saturated heterocycles. The zero-order valence-electron chi connectivity index (χ0n) is 10.2. The molecular formula is C14H23N. The molecule has 0 N–H and O–H groups in total. The topological polar surface area (TPSA) is 3.24 Å². The number of rotatable bonds is 6. The van der Waals surface area contributed by atoms with Crippen LogP contribution in [0.4, 0.5) is 0 Å². The predicted octanol–water partition coefficient (Wildman–Crippen LogP) is 3.55. The molecule has 0 saturated carbocycles. The van der Waals surface area contributed by atoms with Gasteiger partial charge in [-0.05, 0) is 24.4 Å². The van der Waals surface area contributed by atoms with Crippen LogP contribution in [0.1, 0.15) is 32.8 Å². The van der Waals surface area contributed by atoms with Crippen LogP contribution in [0.5, 0.6) is 0 Å². The van der Waals surface area contributed by atoms with E-state index in [-0.39, 0.29) is 0 Å². The van der Waals surface area contributed by atoms with Crippen molar-refractivity contribution in [1.29, 1.82) is 0 Å². The molecule has 15 heavy (non-hydrogen) atoms. The molecule has 0 unspecified atom stereocenters. The van der Waals surface area contributed by atoms with E-state index in [4.69, 9.17) is 0 Å². The Kier molecular flexibility index (Phi) is 5.41. The van der Waals surface area contributed by atoms with Crippen molar-refractivity contribution in [3.8, 4) is 0 Å². The van der Waals surface area contributed by atoms with Crippen LogP contribution in [0.15, 0.2) is 30.3 Å². The fraction of sp³-hybridized carbons (Fsp3) is 0.571. The fourth-order valence-electron chi connectivity index (χ4n) is 1.91. The summed E-state index contributed by atoms with van der Waals surface area (Å²) in [4.78, 5) is 2.54. The van der Waals surface area contributed by atoms with Crippen LogP contribution in [0.3, 0.4) is 0 Å². The second kappa shape index (κ2) is 6.62. The molecule has 1 aromatic rings. The minimum Gasteiger partial charge on any atom is -0.299 e. The molecule has 0 fully saturated rings. The molecule has 1 rings (SSSR count). The summed E-state index contributed by atoms with van der Waals surface area (Å²) < 4.78 is 0. The highest BCUT2D eigenvalue weighted by atomic mass is 15.1. The summed E-state index contributed by atoms with van der Waals surface area (Å²) in [5, 5.41) is 0. The summed E-state index contributed by atoms with van der Waals surface area (Å²) in [7, 11) is 0. The second-order valence-electron chi connectivity index (χ2n) is 4.61. The van der Waals surface area contributed by atoms with Crippen molar-refractivity contribution in [2.75, 3.05) is 13.1 Å². The van der Waals surface area contributed by atoms with Gasteiger partial charge >= 0.3 is 0 Å². The fourth-order valence-corrected chi connectivity index (χ4v) is 1.91. The van der Waals surface area contributed by atoms with E-state index in [0.717, 1.165) is 12.5 Å². The first-order valence-corrected chi connectivity index (χ1v) is 5.98. The Morgan fingerprint density at radius 3 is 2.33 bits per heavy atom. The van der Waals surface area contributed by atoms with Crippen LogP contribution in [-0.4, -0.2) is 18.0 Å². The van der Waals surface area contributed by atoms with Gasteiger partial charge in [0, 0.05) is 13.1 Å². The van der Waals surface area contributed by atoms with Crippen LogP contribution < -0.4 is 0 Å². The minimum absolute atomic E-state index is 0.750. The Hall–Kier alpha value is -0.820. The van der Waals surface area contributed by atoms with Gasteiger partial charge in [-0.3, -0.25) is 4.90 Å². The predicted molar refractivity (Wildman–Crippen MR) is 66.8 cm³/mol. The number of benzene rings is 1. The van der Waals surface area contributed by atoms with Crippen LogP contribution in [0, 0.1) is 5.92 Å². The summed E-state index contributed by atoms with van der Waals surface area (Å²) >= 11 is 0. The molecular weight excluding hydrogens is 182 g/mol. The van der Waals surface area contributed by atoms with Gasteiger partial charge in [-0.1, -0.05) is 51.1 Å². The molecule has 0 atom stereocenters. The first-order chi connectivity index (χ1) is 7.22. The van der Waals surface area contributed by atoms with E-state index in [9.17, 15) is 0 Å². The van der Waals surface area contributed by atoms with Gasteiger partial charge in [-0.25, -0.2) is 0 Å². The van der Waals surface area contributed by atoms with Crippen molar-refractivity contribution in [2.45, 2.75) is 33.7 Å². The van der Waals surface area contributed by atoms with Gasteiger partial charge in [0.1, 0.15) is 0 Å². The summed E-state index contributed by atoms with van der Waals surface area (Å²) in [5.41, 5.74) is 1.42. The van der Waals surface area contributed by atoms with Gasteiger partial charge in [0.2, 0.25) is 0 Å². The van der Waals surface area contributed by atoms with Gasteiger partial charge in [-0.15, -0.1) is 0 Å². The molecule has 0 bridgehead atoms. The van der Waals surface area contributed by atoms with Crippen LogP contribution >= 0.6 is 0 Å². The third-order valence-electron chi connectivity index (χ3n) is 2.41. The van der Waals surface area contributed by atoms with Crippen LogP contribution in [0.25, 0.3) is 0 Å². The van der Waals surface area contributed by atoms with Gasteiger partial charge in [0.05, 0.1) is 0 Å². The normalized spacial score (nSPS) is 11.3. The number of hydrogen-bond acceptors (Lipinski definition) is 1. The zero-order valence-corrected chi connectivity index (χ0v) is 10.2. The standard InChI is InChI=1S/C14H23N/c1-4-10-15(11-13(2)3)12-14-8-6-5-7-9-14/h5-9,13H,4,10-12H2,1-3H3. The van der Waals surface area contributed by atoms with E-state index in [0.29, 0.717) is 0 Å². The highest BCUT2D eigenvalue weighted by molar-refractivity contribution is 5.14. The van der Waals surface area contributed by atoms with Gasteiger partial charge in [-0.2, -0.15) is 0 Å². The largest absolute Gasteiger partial charge is 0.299 e. The molecule has 1 aromatic carbocycles. The van der Waals surface area contributed by atoms with Gasteiger partial charge in [0.15, 0.2) is 0 Å².